The molecule has 0 spiro atoms. The lowest BCUT2D eigenvalue weighted by Crippen LogP contribution is -2.55. The summed E-state index contributed by atoms with van der Waals surface area (Å²) in [7, 11) is 2.28. The molecule has 1 fully saturated rings. The van der Waals surface area contributed by atoms with E-state index in [0.717, 1.165) is 31.3 Å². The Morgan fingerprint density at radius 3 is 2.62 bits per heavy atom. The Kier molecular flexibility index (Phi) is 5.83. The predicted molar refractivity (Wildman–Crippen MR) is 91.4 cm³/mol. The van der Waals surface area contributed by atoms with Gasteiger partial charge in [-0.3, -0.25) is 4.90 Å². The van der Waals surface area contributed by atoms with Crippen molar-refractivity contribution in [2.45, 2.75) is 51.5 Å². The molecule has 0 aromatic heterocycles. The first-order valence-corrected chi connectivity index (χ1v) is 8.52. The highest BCUT2D eigenvalue weighted by molar-refractivity contribution is 5.15. The van der Waals surface area contributed by atoms with Gasteiger partial charge in [0.2, 0.25) is 0 Å². The molecule has 0 saturated heterocycles. The van der Waals surface area contributed by atoms with Crippen molar-refractivity contribution in [2.24, 2.45) is 17.6 Å². The highest BCUT2D eigenvalue weighted by Crippen LogP contribution is 2.39. The van der Waals surface area contributed by atoms with Crippen LogP contribution in [-0.4, -0.2) is 30.6 Å². The average molecular weight is 288 g/mol. The molecule has 1 saturated carbocycles. The van der Waals surface area contributed by atoms with Gasteiger partial charge in [-0.05, 0) is 43.7 Å². The van der Waals surface area contributed by atoms with Crippen molar-refractivity contribution < 1.29 is 0 Å². The number of nitrogens with zero attached hydrogens (tertiary/aromatic N) is 1. The van der Waals surface area contributed by atoms with E-state index in [-0.39, 0.29) is 5.54 Å². The van der Waals surface area contributed by atoms with Gasteiger partial charge in [0.25, 0.3) is 0 Å². The molecule has 0 aliphatic heterocycles. The van der Waals surface area contributed by atoms with Gasteiger partial charge in [-0.15, -0.1) is 0 Å². The molecular formula is C19H32N2. The minimum atomic E-state index is 0.224. The monoisotopic (exact) mass is 288 g/mol. The van der Waals surface area contributed by atoms with Crippen LogP contribution in [0.1, 0.15) is 45.1 Å². The summed E-state index contributed by atoms with van der Waals surface area (Å²) in [6, 6.07) is 10.8. The van der Waals surface area contributed by atoms with Crippen LogP contribution in [0.5, 0.6) is 0 Å². The number of rotatable bonds is 6. The molecular weight excluding hydrogens is 256 g/mol. The SMILES string of the molecule is CC(C)C1CCCC(CN)(N(C)CCc2ccccc2)C1. The second-order valence-electron chi connectivity index (χ2n) is 7.19. The summed E-state index contributed by atoms with van der Waals surface area (Å²) in [5.74, 6) is 1.61. The first kappa shape index (κ1) is 16.5. The van der Waals surface area contributed by atoms with Crippen molar-refractivity contribution in [1.29, 1.82) is 0 Å². The first-order chi connectivity index (χ1) is 10.1. The van der Waals surface area contributed by atoms with Crippen LogP contribution in [0.15, 0.2) is 30.3 Å². The molecule has 0 amide bonds. The Balaban J connectivity index is 1.98. The van der Waals surface area contributed by atoms with E-state index < -0.39 is 0 Å². The molecule has 0 heterocycles. The lowest BCUT2D eigenvalue weighted by molar-refractivity contribution is 0.0460. The summed E-state index contributed by atoms with van der Waals surface area (Å²) in [4.78, 5) is 2.55. The first-order valence-electron chi connectivity index (χ1n) is 8.52. The van der Waals surface area contributed by atoms with Gasteiger partial charge in [0, 0.05) is 18.6 Å². The molecule has 2 rings (SSSR count). The molecule has 1 aromatic rings. The number of likely N-dealkylation sites (N-methyl/N-ethyl adjacent to an activating group) is 1. The molecule has 2 atom stereocenters. The summed E-state index contributed by atoms with van der Waals surface area (Å²) < 4.78 is 0. The van der Waals surface area contributed by atoms with Crippen molar-refractivity contribution in [3.63, 3.8) is 0 Å². The lowest BCUT2D eigenvalue weighted by atomic mass is 9.71. The van der Waals surface area contributed by atoms with E-state index in [1.165, 1.54) is 31.2 Å². The zero-order valence-electron chi connectivity index (χ0n) is 14.0. The van der Waals surface area contributed by atoms with E-state index in [4.69, 9.17) is 5.73 Å². The molecule has 21 heavy (non-hydrogen) atoms. The van der Waals surface area contributed by atoms with Crippen LogP contribution in [0.25, 0.3) is 0 Å². The summed E-state index contributed by atoms with van der Waals surface area (Å²) in [5, 5.41) is 0. The van der Waals surface area contributed by atoms with Crippen LogP contribution in [0.2, 0.25) is 0 Å². The van der Waals surface area contributed by atoms with Gasteiger partial charge in [-0.1, -0.05) is 57.0 Å². The highest BCUT2D eigenvalue weighted by atomic mass is 15.2. The van der Waals surface area contributed by atoms with E-state index in [0.29, 0.717) is 0 Å². The summed E-state index contributed by atoms with van der Waals surface area (Å²) in [6.45, 7) is 6.62. The molecule has 1 aliphatic carbocycles. The highest BCUT2D eigenvalue weighted by Gasteiger charge is 2.39. The van der Waals surface area contributed by atoms with Gasteiger partial charge < -0.3 is 5.73 Å². The van der Waals surface area contributed by atoms with E-state index in [1.54, 1.807) is 0 Å². The van der Waals surface area contributed by atoms with Gasteiger partial charge in [0.1, 0.15) is 0 Å². The maximum Gasteiger partial charge on any atom is 0.0331 e. The molecule has 0 bridgehead atoms. The molecule has 2 nitrogen and oxygen atoms in total. The lowest BCUT2D eigenvalue weighted by Gasteiger charge is -2.47. The van der Waals surface area contributed by atoms with Crippen molar-refractivity contribution in [3.8, 4) is 0 Å². The van der Waals surface area contributed by atoms with E-state index in [9.17, 15) is 0 Å². The quantitative estimate of drug-likeness (QED) is 0.864. The Bertz CT molecular complexity index is 415. The third-order valence-electron chi connectivity index (χ3n) is 5.57. The predicted octanol–water partition coefficient (Wildman–Crippen LogP) is 3.70. The summed E-state index contributed by atoms with van der Waals surface area (Å²) >= 11 is 0. The topological polar surface area (TPSA) is 29.3 Å². The van der Waals surface area contributed by atoms with Crippen LogP contribution in [0.4, 0.5) is 0 Å². The molecule has 1 aromatic carbocycles. The Morgan fingerprint density at radius 1 is 1.29 bits per heavy atom. The average Bonchev–Trinajstić information content (AvgIpc) is 2.53. The zero-order chi connectivity index (χ0) is 15.3. The van der Waals surface area contributed by atoms with Crippen LogP contribution in [-0.2, 0) is 6.42 Å². The van der Waals surface area contributed by atoms with Gasteiger partial charge >= 0.3 is 0 Å². The summed E-state index contributed by atoms with van der Waals surface area (Å²) in [6.07, 6.45) is 6.36. The van der Waals surface area contributed by atoms with Crippen molar-refractivity contribution in [2.75, 3.05) is 20.1 Å². The van der Waals surface area contributed by atoms with Gasteiger partial charge in [0.15, 0.2) is 0 Å². The number of nitrogens with two attached hydrogens (primary N) is 1. The van der Waals surface area contributed by atoms with E-state index >= 15 is 0 Å². The van der Waals surface area contributed by atoms with Crippen LogP contribution in [0, 0.1) is 11.8 Å². The Morgan fingerprint density at radius 2 is 2.00 bits per heavy atom. The van der Waals surface area contributed by atoms with Crippen LogP contribution >= 0.6 is 0 Å². The van der Waals surface area contributed by atoms with Gasteiger partial charge in [-0.2, -0.15) is 0 Å². The van der Waals surface area contributed by atoms with Gasteiger partial charge in [0.05, 0.1) is 0 Å². The molecule has 1 aliphatic rings. The van der Waals surface area contributed by atoms with Crippen LogP contribution in [0.3, 0.4) is 0 Å². The Hall–Kier alpha value is -0.860. The molecule has 118 valence electrons. The Labute approximate surface area is 130 Å². The molecule has 2 unspecified atom stereocenters. The maximum atomic E-state index is 6.23. The maximum absolute atomic E-state index is 6.23. The number of benzene rings is 1. The summed E-state index contributed by atoms with van der Waals surface area (Å²) in [5.41, 5.74) is 7.88. The largest absolute Gasteiger partial charge is 0.329 e. The van der Waals surface area contributed by atoms with Crippen molar-refractivity contribution in [1.82, 2.24) is 4.90 Å². The fourth-order valence-electron chi connectivity index (χ4n) is 3.82. The van der Waals surface area contributed by atoms with Crippen LogP contribution < -0.4 is 5.73 Å². The molecule has 0 radical (unpaired) electrons. The number of hydrogen-bond donors (Lipinski definition) is 1. The zero-order valence-corrected chi connectivity index (χ0v) is 14.0. The van der Waals surface area contributed by atoms with Crippen molar-refractivity contribution in [3.05, 3.63) is 35.9 Å². The smallest absolute Gasteiger partial charge is 0.0331 e. The number of hydrogen-bond acceptors (Lipinski definition) is 2. The second kappa shape index (κ2) is 7.42. The normalized spacial score (nSPS) is 26.5. The van der Waals surface area contributed by atoms with Crippen molar-refractivity contribution >= 4 is 0 Å². The fourth-order valence-corrected chi connectivity index (χ4v) is 3.82. The minimum absolute atomic E-state index is 0.224. The van der Waals surface area contributed by atoms with Gasteiger partial charge in [-0.25, -0.2) is 0 Å². The second-order valence-corrected chi connectivity index (χ2v) is 7.19. The standard InChI is InChI=1S/C19H32N2/c1-16(2)18-10-7-12-19(14-18,15-20)21(3)13-11-17-8-5-4-6-9-17/h4-6,8-9,16,18H,7,10-15,20H2,1-3H3. The third kappa shape index (κ3) is 4.08. The fraction of sp³-hybridized carbons (Fsp3) is 0.684. The molecule has 2 N–H and O–H groups in total. The molecule has 2 heteroatoms. The third-order valence-corrected chi connectivity index (χ3v) is 5.57. The van der Waals surface area contributed by atoms with E-state index in [2.05, 4.69) is 56.1 Å². The minimum Gasteiger partial charge on any atom is -0.329 e. The van der Waals surface area contributed by atoms with E-state index in [1.807, 2.05) is 0 Å².